The summed E-state index contributed by atoms with van der Waals surface area (Å²) in [7, 11) is 1.61. The van der Waals surface area contributed by atoms with Gasteiger partial charge in [-0.2, -0.15) is 0 Å². The van der Waals surface area contributed by atoms with Gasteiger partial charge in [-0.15, -0.1) is 0 Å². The van der Waals surface area contributed by atoms with Gasteiger partial charge in [0.2, 0.25) is 0 Å². The predicted molar refractivity (Wildman–Crippen MR) is 119 cm³/mol. The van der Waals surface area contributed by atoms with Crippen LogP contribution in [0.5, 0.6) is 11.5 Å². The zero-order chi connectivity index (χ0) is 21.0. The standard InChI is InChI=1S/C22H23ClN2O3S/c1-14(2)12-25-21(26)19(24-22(25)29)10-15-7-8-20(27-3)16(9-15)13-28-18-6-4-5-17(23)11-18/h4-11,14H,12-13H2,1-3H3,(H,24,29)/b19-10+. The molecule has 1 amide bonds. The van der Waals surface area contributed by atoms with Crippen molar-refractivity contribution in [2.24, 2.45) is 5.92 Å². The number of nitrogens with one attached hydrogen (secondary N) is 1. The predicted octanol–water partition coefficient (Wildman–Crippen LogP) is 4.64. The van der Waals surface area contributed by atoms with Crippen LogP contribution in [0.15, 0.2) is 48.2 Å². The summed E-state index contributed by atoms with van der Waals surface area (Å²) >= 11 is 11.3. The van der Waals surface area contributed by atoms with Crippen molar-refractivity contribution in [3.05, 3.63) is 64.3 Å². The maximum absolute atomic E-state index is 12.7. The topological polar surface area (TPSA) is 50.8 Å². The van der Waals surface area contributed by atoms with Crippen LogP contribution < -0.4 is 14.8 Å². The Morgan fingerprint density at radius 3 is 2.72 bits per heavy atom. The number of methoxy groups -OCH3 is 1. The van der Waals surface area contributed by atoms with Crippen LogP contribution in [0.25, 0.3) is 6.08 Å². The fourth-order valence-electron chi connectivity index (χ4n) is 2.99. The Morgan fingerprint density at radius 2 is 2.03 bits per heavy atom. The normalized spacial score (nSPS) is 15.2. The SMILES string of the molecule is COc1ccc(/C=C2/NC(=S)N(CC(C)C)C2=O)cc1COc1cccc(Cl)c1. The van der Waals surface area contributed by atoms with Crippen molar-refractivity contribution >= 4 is 40.9 Å². The number of carbonyl (C=O) groups is 1. The quantitative estimate of drug-likeness (QED) is 0.512. The van der Waals surface area contributed by atoms with Gasteiger partial charge in [0.05, 0.1) is 7.11 Å². The lowest BCUT2D eigenvalue weighted by Gasteiger charge is -2.16. The third kappa shape index (κ3) is 5.28. The van der Waals surface area contributed by atoms with Gasteiger partial charge in [-0.1, -0.05) is 37.6 Å². The van der Waals surface area contributed by atoms with E-state index in [1.807, 2.05) is 44.2 Å². The van der Waals surface area contributed by atoms with Crippen molar-refractivity contribution in [2.45, 2.75) is 20.5 Å². The lowest BCUT2D eigenvalue weighted by atomic mass is 10.1. The van der Waals surface area contributed by atoms with Gasteiger partial charge in [-0.25, -0.2) is 0 Å². The van der Waals surface area contributed by atoms with Crippen LogP contribution in [0.3, 0.4) is 0 Å². The minimum Gasteiger partial charge on any atom is -0.496 e. The molecule has 1 fully saturated rings. The van der Waals surface area contributed by atoms with Gasteiger partial charge in [0.15, 0.2) is 5.11 Å². The Bertz CT molecular complexity index is 959. The van der Waals surface area contributed by atoms with Crippen LogP contribution in [0.4, 0.5) is 0 Å². The van der Waals surface area contributed by atoms with Crippen LogP contribution in [0.2, 0.25) is 5.02 Å². The molecule has 1 N–H and O–H groups in total. The highest BCUT2D eigenvalue weighted by molar-refractivity contribution is 7.80. The molecule has 0 unspecified atom stereocenters. The number of benzene rings is 2. The number of nitrogens with zero attached hydrogens (tertiary/aromatic N) is 1. The Balaban J connectivity index is 1.80. The first-order chi connectivity index (χ1) is 13.9. The maximum atomic E-state index is 12.7. The van der Waals surface area contributed by atoms with Crippen molar-refractivity contribution in [3.8, 4) is 11.5 Å². The zero-order valence-electron chi connectivity index (χ0n) is 16.6. The van der Waals surface area contributed by atoms with Gasteiger partial charge in [-0.3, -0.25) is 9.69 Å². The van der Waals surface area contributed by atoms with Gasteiger partial charge in [0.25, 0.3) is 5.91 Å². The number of rotatable bonds is 7. The molecule has 1 saturated heterocycles. The molecule has 0 saturated carbocycles. The van der Waals surface area contributed by atoms with Crippen molar-refractivity contribution in [1.82, 2.24) is 10.2 Å². The van der Waals surface area contributed by atoms with E-state index in [0.29, 0.717) is 46.4 Å². The third-order valence-corrected chi connectivity index (χ3v) is 4.87. The zero-order valence-corrected chi connectivity index (χ0v) is 18.1. The molecule has 0 aromatic heterocycles. The van der Waals surface area contributed by atoms with Crippen LogP contribution in [0, 0.1) is 5.92 Å². The Hall–Kier alpha value is -2.57. The molecule has 3 rings (SSSR count). The number of ether oxygens (including phenoxy) is 2. The van der Waals surface area contributed by atoms with Crippen LogP contribution in [-0.2, 0) is 11.4 Å². The van der Waals surface area contributed by atoms with E-state index in [2.05, 4.69) is 5.32 Å². The van der Waals surface area contributed by atoms with Gasteiger partial charge in [-0.05, 0) is 60.1 Å². The first-order valence-corrected chi connectivity index (χ1v) is 10.1. The molecule has 1 heterocycles. The molecule has 0 spiro atoms. The molecule has 1 aliphatic rings. The molecule has 2 aromatic carbocycles. The summed E-state index contributed by atoms with van der Waals surface area (Å²) in [5.41, 5.74) is 2.16. The smallest absolute Gasteiger partial charge is 0.276 e. The fraction of sp³-hybridized carbons (Fsp3) is 0.273. The number of thiocarbonyl (C=S) groups is 1. The van der Waals surface area contributed by atoms with Gasteiger partial charge >= 0.3 is 0 Å². The second kappa shape index (κ2) is 9.29. The summed E-state index contributed by atoms with van der Waals surface area (Å²) < 4.78 is 11.3. The average Bonchev–Trinajstić information content (AvgIpc) is 2.93. The second-order valence-corrected chi connectivity index (χ2v) is 7.94. The van der Waals surface area contributed by atoms with E-state index < -0.39 is 0 Å². The van der Waals surface area contributed by atoms with Gasteiger partial charge in [0.1, 0.15) is 23.8 Å². The van der Waals surface area contributed by atoms with Crippen molar-refractivity contribution in [2.75, 3.05) is 13.7 Å². The second-order valence-electron chi connectivity index (χ2n) is 7.12. The summed E-state index contributed by atoms with van der Waals surface area (Å²) in [4.78, 5) is 14.2. The van der Waals surface area contributed by atoms with Crippen molar-refractivity contribution < 1.29 is 14.3 Å². The highest BCUT2D eigenvalue weighted by Crippen LogP contribution is 2.25. The first-order valence-electron chi connectivity index (χ1n) is 9.27. The van der Waals surface area contributed by atoms with Gasteiger partial charge < -0.3 is 14.8 Å². The Labute approximate surface area is 181 Å². The first kappa shape index (κ1) is 21.1. The summed E-state index contributed by atoms with van der Waals surface area (Å²) in [6.07, 6.45) is 1.79. The lowest BCUT2D eigenvalue weighted by Crippen LogP contribution is -2.33. The third-order valence-electron chi connectivity index (χ3n) is 4.32. The molecular formula is C22H23ClN2O3S. The van der Waals surface area contributed by atoms with E-state index in [1.165, 1.54) is 0 Å². The molecule has 7 heteroatoms. The average molecular weight is 431 g/mol. The number of carbonyl (C=O) groups excluding carboxylic acids is 1. The number of hydrogen-bond acceptors (Lipinski definition) is 4. The van der Waals surface area contributed by atoms with E-state index in [-0.39, 0.29) is 5.91 Å². The molecule has 29 heavy (non-hydrogen) atoms. The summed E-state index contributed by atoms with van der Waals surface area (Å²) in [5, 5.41) is 4.06. The molecule has 152 valence electrons. The van der Waals surface area contributed by atoms with E-state index in [9.17, 15) is 4.79 Å². The van der Waals surface area contributed by atoms with Gasteiger partial charge in [0, 0.05) is 17.1 Å². The summed E-state index contributed by atoms with van der Waals surface area (Å²) in [6, 6.07) is 12.9. The van der Waals surface area contributed by atoms with E-state index in [4.69, 9.17) is 33.3 Å². The maximum Gasteiger partial charge on any atom is 0.276 e. The fourth-order valence-corrected chi connectivity index (χ4v) is 3.44. The Kier molecular flexibility index (Phi) is 6.77. The van der Waals surface area contributed by atoms with Crippen molar-refractivity contribution in [1.29, 1.82) is 0 Å². The van der Waals surface area contributed by atoms with E-state index >= 15 is 0 Å². The van der Waals surface area contributed by atoms with Crippen molar-refractivity contribution in [3.63, 3.8) is 0 Å². The van der Waals surface area contributed by atoms with Crippen LogP contribution >= 0.6 is 23.8 Å². The highest BCUT2D eigenvalue weighted by Gasteiger charge is 2.30. The molecule has 0 radical (unpaired) electrons. The number of amides is 1. The molecule has 1 aliphatic heterocycles. The lowest BCUT2D eigenvalue weighted by molar-refractivity contribution is -0.122. The molecule has 2 aromatic rings. The molecular weight excluding hydrogens is 408 g/mol. The molecule has 0 bridgehead atoms. The molecule has 5 nitrogen and oxygen atoms in total. The minimum atomic E-state index is -0.115. The number of hydrogen-bond donors (Lipinski definition) is 1. The summed E-state index contributed by atoms with van der Waals surface area (Å²) in [6.45, 7) is 4.99. The minimum absolute atomic E-state index is 0.115. The monoisotopic (exact) mass is 430 g/mol. The van der Waals surface area contributed by atoms with E-state index in [0.717, 1.165) is 11.1 Å². The van der Waals surface area contributed by atoms with Crippen LogP contribution in [0.1, 0.15) is 25.0 Å². The summed E-state index contributed by atoms with van der Waals surface area (Å²) in [5.74, 6) is 1.59. The van der Waals surface area contributed by atoms with Crippen LogP contribution in [-0.4, -0.2) is 29.6 Å². The molecule has 0 atom stereocenters. The highest BCUT2D eigenvalue weighted by atomic mass is 35.5. The number of halogens is 1. The Morgan fingerprint density at radius 1 is 1.24 bits per heavy atom. The van der Waals surface area contributed by atoms with E-state index in [1.54, 1.807) is 30.2 Å². The molecule has 0 aliphatic carbocycles. The largest absolute Gasteiger partial charge is 0.496 e.